The molecule has 148 valence electrons. The standard InChI is InChI=1S/C23H35N3O/c1-3-5-7-14-20(26-22-16-10-12-18-25-22)23(19-13-9-11-17-24-19)21(27)15-8-6-4-2/h9-13,16-18,20-21,23,27H,3-8,14-15H2,1-2H3,(H,25,26). The average Bonchev–Trinajstić information content (AvgIpc) is 2.70. The van der Waals surface area contributed by atoms with Gasteiger partial charge in [-0.2, -0.15) is 0 Å². The third-order valence-corrected chi connectivity index (χ3v) is 5.10. The van der Waals surface area contributed by atoms with E-state index in [1.807, 2.05) is 42.6 Å². The summed E-state index contributed by atoms with van der Waals surface area (Å²) in [5, 5.41) is 14.7. The van der Waals surface area contributed by atoms with E-state index in [9.17, 15) is 5.11 Å². The number of unbranched alkanes of at least 4 members (excludes halogenated alkanes) is 4. The molecule has 0 bridgehead atoms. The van der Waals surface area contributed by atoms with Crippen LogP contribution in [0.2, 0.25) is 0 Å². The highest BCUT2D eigenvalue weighted by Crippen LogP contribution is 2.30. The number of aliphatic hydroxyl groups is 1. The number of aliphatic hydroxyl groups excluding tert-OH is 1. The molecule has 3 unspecified atom stereocenters. The zero-order chi connectivity index (χ0) is 19.3. The van der Waals surface area contributed by atoms with Crippen LogP contribution in [0.1, 0.15) is 76.8 Å². The van der Waals surface area contributed by atoms with Crippen molar-refractivity contribution in [1.29, 1.82) is 0 Å². The lowest BCUT2D eigenvalue weighted by molar-refractivity contribution is 0.118. The van der Waals surface area contributed by atoms with Crippen molar-refractivity contribution in [3.8, 4) is 0 Å². The van der Waals surface area contributed by atoms with Gasteiger partial charge >= 0.3 is 0 Å². The van der Waals surface area contributed by atoms with Crippen molar-refractivity contribution in [2.75, 3.05) is 5.32 Å². The van der Waals surface area contributed by atoms with Crippen molar-refractivity contribution in [3.05, 3.63) is 54.5 Å². The summed E-state index contributed by atoms with van der Waals surface area (Å²) in [5.74, 6) is 0.822. The number of hydrogen-bond acceptors (Lipinski definition) is 4. The summed E-state index contributed by atoms with van der Waals surface area (Å²) < 4.78 is 0. The van der Waals surface area contributed by atoms with E-state index in [1.165, 1.54) is 12.8 Å². The highest BCUT2D eigenvalue weighted by molar-refractivity contribution is 5.36. The molecule has 0 aliphatic carbocycles. The Bertz CT molecular complexity index is 606. The third kappa shape index (κ3) is 7.30. The van der Waals surface area contributed by atoms with Gasteiger partial charge < -0.3 is 10.4 Å². The Morgan fingerprint density at radius 2 is 1.52 bits per heavy atom. The Balaban J connectivity index is 2.23. The molecular formula is C23H35N3O. The van der Waals surface area contributed by atoms with E-state index in [2.05, 4.69) is 29.1 Å². The Morgan fingerprint density at radius 1 is 0.852 bits per heavy atom. The molecule has 2 aromatic rings. The van der Waals surface area contributed by atoms with Gasteiger partial charge in [-0.3, -0.25) is 4.98 Å². The predicted octanol–water partition coefficient (Wildman–Crippen LogP) is 5.56. The van der Waals surface area contributed by atoms with Crippen LogP contribution in [-0.4, -0.2) is 27.2 Å². The highest BCUT2D eigenvalue weighted by atomic mass is 16.3. The van der Waals surface area contributed by atoms with E-state index >= 15 is 0 Å². The zero-order valence-electron chi connectivity index (χ0n) is 16.8. The van der Waals surface area contributed by atoms with Crippen LogP contribution in [-0.2, 0) is 0 Å². The first-order valence-corrected chi connectivity index (χ1v) is 10.5. The van der Waals surface area contributed by atoms with Gasteiger partial charge in [-0.15, -0.1) is 0 Å². The van der Waals surface area contributed by atoms with E-state index in [0.717, 1.165) is 50.0 Å². The summed E-state index contributed by atoms with van der Waals surface area (Å²) in [4.78, 5) is 9.04. The average molecular weight is 370 g/mol. The van der Waals surface area contributed by atoms with Crippen molar-refractivity contribution in [1.82, 2.24) is 9.97 Å². The summed E-state index contributed by atoms with van der Waals surface area (Å²) >= 11 is 0. The molecule has 0 aliphatic heterocycles. The van der Waals surface area contributed by atoms with Crippen LogP contribution in [0.25, 0.3) is 0 Å². The first kappa shape index (κ1) is 21.4. The van der Waals surface area contributed by atoms with Crippen LogP contribution in [0.4, 0.5) is 5.82 Å². The second-order valence-corrected chi connectivity index (χ2v) is 7.31. The lowest BCUT2D eigenvalue weighted by Gasteiger charge is -2.32. The molecule has 2 aromatic heterocycles. The fourth-order valence-corrected chi connectivity index (χ4v) is 3.62. The number of hydrogen-bond donors (Lipinski definition) is 2. The smallest absolute Gasteiger partial charge is 0.126 e. The molecule has 4 heteroatoms. The fraction of sp³-hybridized carbons (Fsp3) is 0.565. The largest absolute Gasteiger partial charge is 0.392 e. The minimum atomic E-state index is -0.408. The van der Waals surface area contributed by atoms with Gasteiger partial charge in [0, 0.05) is 30.0 Å². The van der Waals surface area contributed by atoms with Gasteiger partial charge in [0.05, 0.1) is 6.10 Å². The molecule has 0 aromatic carbocycles. The maximum atomic E-state index is 11.1. The van der Waals surface area contributed by atoms with Gasteiger partial charge in [-0.25, -0.2) is 4.98 Å². The van der Waals surface area contributed by atoms with Crippen LogP contribution < -0.4 is 5.32 Å². The highest BCUT2D eigenvalue weighted by Gasteiger charge is 2.30. The molecule has 0 amide bonds. The molecule has 2 heterocycles. The first-order chi connectivity index (χ1) is 13.3. The van der Waals surface area contributed by atoms with Crippen LogP contribution >= 0.6 is 0 Å². The quantitative estimate of drug-likeness (QED) is 0.454. The van der Waals surface area contributed by atoms with E-state index in [1.54, 1.807) is 6.20 Å². The van der Waals surface area contributed by atoms with Crippen molar-refractivity contribution >= 4 is 5.82 Å². The first-order valence-electron chi connectivity index (χ1n) is 10.5. The summed E-state index contributed by atoms with van der Waals surface area (Å²) in [6.45, 7) is 4.41. The molecule has 0 radical (unpaired) electrons. The lowest BCUT2D eigenvalue weighted by Crippen LogP contribution is -2.36. The molecule has 0 saturated heterocycles. The Morgan fingerprint density at radius 3 is 2.11 bits per heavy atom. The molecule has 0 fully saturated rings. The minimum Gasteiger partial charge on any atom is -0.392 e. The zero-order valence-corrected chi connectivity index (χ0v) is 16.8. The second kappa shape index (κ2) is 12.4. The van der Waals surface area contributed by atoms with Crippen LogP contribution in [0.3, 0.4) is 0 Å². The number of nitrogens with one attached hydrogen (secondary N) is 1. The van der Waals surface area contributed by atoms with E-state index < -0.39 is 6.10 Å². The van der Waals surface area contributed by atoms with Crippen LogP contribution in [0, 0.1) is 0 Å². The Kier molecular flexibility index (Phi) is 9.85. The monoisotopic (exact) mass is 369 g/mol. The number of pyridine rings is 2. The topological polar surface area (TPSA) is 58.0 Å². The van der Waals surface area contributed by atoms with Crippen molar-refractivity contribution in [2.24, 2.45) is 0 Å². The number of nitrogens with zero attached hydrogens (tertiary/aromatic N) is 2. The van der Waals surface area contributed by atoms with Crippen molar-refractivity contribution in [2.45, 2.75) is 83.3 Å². The molecule has 27 heavy (non-hydrogen) atoms. The maximum absolute atomic E-state index is 11.1. The molecule has 0 aliphatic rings. The minimum absolute atomic E-state index is 0.0399. The lowest BCUT2D eigenvalue weighted by atomic mass is 9.84. The molecule has 2 rings (SSSR count). The van der Waals surface area contributed by atoms with Gasteiger partial charge in [-0.05, 0) is 37.1 Å². The Labute approximate surface area is 164 Å². The molecule has 0 spiro atoms. The van der Waals surface area contributed by atoms with E-state index in [-0.39, 0.29) is 12.0 Å². The van der Waals surface area contributed by atoms with Gasteiger partial charge in [-0.1, -0.05) is 64.5 Å². The molecule has 2 N–H and O–H groups in total. The predicted molar refractivity (Wildman–Crippen MR) is 113 cm³/mol. The summed E-state index contributed by atoms with van der Waals surface area (Å²) in [7, 11) is 0. The van der Waals surface area contributed by atoms with Gasteiger partial charge in [0.2, 0.25) is 0 Å². The summed E-state index contributed by atoms with van der Waals surface area (Å²) in [6, 6.07) is 12.0. The van der Waals surface area contributed by atoms with Crippen LogP contribution in [0.5, 0.6) is 0 Å². The number of anilines is 1. The van der Waals surface area contributed by atoms with Gasteiger partial charge in [0.15, 0.2) is 0 Å². The third-order valence-electron chi connectivity index (χ3n) is 5.10. The number of rotatable bonds is 13. The summed E-state index contributed by atoms with van der Waals surface area (Å²) in [6.07, 6.45) is 11.9. The van der Waals surface area contributed by atoms with E-state index in [4.69, 9.17) is 0 Å². The number of aromatic nitrogens is 2. The molecule has 3 atom stereocenters. The normalized spacial score (nSPS) is 14.5. The van der Waals surface area contributed by atoms with Gasteiger partial charge in [0.25, 0.3) is 0 Å². The van der Waals surface area contributed by atoms with Crippen LogP contribution in [0.15, 0.2) is 48.8 Å². The fourth-order valence-electron chi connectivity index (χ4n) is 3.62. The van der Waals surface area contributed by atoms with E-state index in [0.29, 0.717) is 0 Å². The summed E-state index contributed by atoms with van der Waals surface area (Å²) in [5.41, 5.74) is 0.964. The SMILES string of the molecule is CCCCCC(O)C(c1ccccn1)C(CCCCC)Nc1ccccn1. The van der Waals surface area contributed by atoms with Crippen molar-refractivity contribution in [3.63, 3.8) is 0 Å². The Hall–Kier alpha value is -1.94. The molecule has 0 saturated carbocycles. The second-order valence-electron chi connectivity index (χ2n) is 7.31. The van der Waals surface area contributed by atoms with Gasteiger partial charge in [0.1, 0.15) is 5.82 Å². The van der Waals surface area contributed by atoms with Crippen molar-refractivity contribution < 1.29 is 5.11 Å². The molecule has 4 nitrogen and oxygen atoms in total. The maximum Gasteiger partial charge on any atom is 0.126 e. The molecular weight excluding hydrogens is 334 g/mol.